The van der Waals surface area contributed by atoms with Crippen molar-refractivity contribution in [3.63, 3.8) is 0 Å². The van der Waals surface area contributed by atoms with Gasteiger partial charge in [-0.25, -0.2) is 4.98 Å². The van der Waals surface area contributed by atoms with Gasteiger partial charge in [0.05, 0.1) is 30.5 Å². The van der Waals surface area contributed by atoms with E-state index in [0.29, 0.717) is 10.9 Å². The monoisotopic (exact) mass is 295 g/mol. The Hall–Kier alpha value is -2.06. The largest absolute Gasteiger partial charge is 0.459 e. The number of imide groups is 1. The van der Waals surface area contributed by atoms with Crippen LogP contribution in [-0.2, 0) is 18.4 Å². The molecule has 0 bridgehead atoms. The fraction of sp³-hybridized carbons (Fsp3) is 0.250. The Bertz CT molecular complexity index is 606. The Balaban J connectivity index is 1.86. The molecule has 0 unspecified atom stereocenters. The second-order valence-electron chi connectivity index (χ2n) is 3.89. The Morgan fingerprint density at radius 1 is 1.55 bits per heavy atom. The van der Waals surface area contributed by atoms with Gasteiger partial charge in [0.2, 0.25) is 5.91 Å². The van der Waals surface area contributed by atoms with Gasteiger partial charge in [0.1, 0.15) is 0 Å². The summed E-state index contributed by atoms with van der Waals surface area (Å²) in [6.07, 6.45) is 2.90. The normalized spacial score (nSPS) is 10.5. The van der Waals surface area contributed by atoms with Crippen LogP contribution in [0.25, 0.3) is 0 Å². The number of amides is 2. The highest BCUT2D eigenvalue weighted by Gasteiger charge is 2.14. The highest BCUT2D eigenvalue weighted by Crippen LogP contribution is 2.16. The topological polar surface area (TPSA) is 97.4 Å². The van der Waals surface area contributed by atoms with E-state index in [0.717, 1.165) is 0 Å². The van der Waals surface area contributed by atoms with Gasteiger partial charge in [0, 0.05) is 7.05 Å². The van der Waals surface area contributed by atoms with Gasteiger partial charge in [-0.1, -0.05) is 11.8 Å². The van der Waals surface area contributed by atoms with Crippen molar-refractivity contribution in [2.75, 3.05) is 5.75 Å². The summed E-state index contributed by atoms with van der Waals surface area (Å²) in [6, 6.07) is 3.04. The zero-order chi connectivity index (χ0) is 14.5. The Kier molecular flexibility index (Phi) is 4.59. The molecule has 0 aliphatic heterocycles. The number of nitrogens with one attached hydrogen (secondary N) is 1. The predicted molar refractivity (Wildman–Crippen MR) is 71.0 cm³/mol. The van der Waals surface area contributed by atoms with Gasteiger partial charge in [0.25, 0.3) is 5.91 Å². The van der Waals surface area contributed by atoms with Crippen LogP contribution in [0.5, 0.6) is 0 Å². The molecule has 106 valence electrons. The number of rotatable bonds is 5. The zero-order valence-electron chi connectivity index (χ0n) is 10.7. The smallest absolute Gasteiger partial charge is 0.293 e. The summed E-state index contributed by atoms with van der Waals surface area (Å²) in [4.78, 5) is 27.3. The van der Waals surface area contributed by atoms with Gasteiger partial charge < -0.3 is 14.1 Å². The number of thioether (sulfide) groups is 1. The molecule has 20 heavy (non-hydrogen) atoms. The van der Waals surface area contributed by atoms with Gasteiger partial charge in [-0.2, -0.15) is 0 Å². The molecule has 0 atom stereocenters. The van der Waals surface area contributed by atoms with Crippen LogP contribution in [0.15, 0.2) is 34.2 Å². The average molecular weight is 295 g/mol. The molecular formula is C12H13N3O4S. The summed E-state index contributed by atoms with van der Waals surface area (Å²) in [5.41, 5.74) is 0.652. The summed E-state index contributed by atoms with van der Waals surface area (Å²) >= 11 is 1.18. The molecule has 0 fully saturated rings. The van der Waals surface area contributed by atoms with Crippen LogP contribution in [0.1, 0.15) is 16.2 Å². The molecule has 8 heteroatoms. The minimum Gasteiger partial charge on any atom is -0.459 e. The molecule has 2 heterocycles. The number of carbonyl (C=O) groups excluding carboxylic acids is 2. The average Bonchev–Trinajstić information content (AvgIpc) is 3.06. The molecule has 0 aliphatic rings. The molecule has 0 aromatic carbocycles. The molecule has 0 aliphatic carbocycles. The molecule has 2 amide bonds. The fourth-order valence-electron chi connectivity index (χ4n) is 1.47. The lowest BCUT2D eigenvalue weighted by molar-refractivity contribution is -0.117. The second-order valence-corrected chi connectivity index (χ2v) is 4.84. The minimum absolute atomic E-state index is 0.0438. The predicted octanol–water partition coefficient (Wildman–Crippen LogP) is 0.554. The Morgan fingerprint density at radius 2 is 2.35 bits per heavy atom. The molecule has 2 rings (SSSR count). The third-order valence-electron chi connectivity index (χ3n) is 2.53. The lowest BCUT2D eigenvalue weighted by Crippen LogP contribution is -2.31. The highest BCUT2D eigenvalue weighted by molar-refractivity contribution is 7.99. The van der Waals surface area contributed by atoms with E-state index in [4.69, 9.17) is 9.52 Å². The maximum Gasteiger partial charge on any atom is 0.293 e. The summed E-state index contributed by atoms with van der Waals surface area (Å²) in [5, 5.41) is 11.8. The van der Waals surface area contributed by atoms with Crippen molar-refractivity contribution in [2.24, 2.45) is 7.05 Å². The maximum absolute atomic E-state index is 11.6. The Morgan fingerprint density at radius 3 is 2.95 bits per heavy atom. The number of aromatic nitrogens is 2. The van der Waals surface area contributed by atoms with E-state index in [1.165, 1.54) is 30.3 Å². The number of imidazole rings is 1. The Labute approximate surface area is 119 Å². The SMILES string of the molecule is Cn1c(CO)cnc1SCC(=O)NC(=O)c1ccco1. The molecule has 0 saturated heterocycles. The van der Waals surface area contributed by atoms with Crippen molar-refractivity contribution in [2.45, 2.75) is 11.8 Å². The number of aliphatic hydroxyl groups excluding tert-OH is 1. The summed E-state index contributed by atoms with van der Waals surface area (Å²) in [7, 11) is 1.74. The number of hydrogen-bond donors (Lipinski definition) is 2. The van der Waals surface area contributed by atoms with Crippen LogP contribution in [0.2, 0.25) is 0 Å². The van der Waals surface area contributed by atoms with Gasteiger partial charge in [-0.15, -0.1) is 0 Å². The first-order valence-corrected chi connectivity index (χ1v) is 6.72. The van der Waals surface area contributed by atoms with Crippen LogP contribution in [0.3, 0.4) is 0 Å². The van der Waals surface area contributed by atoms with E-state index in [1.807, 2.05) is 0 Å². The summed E-state index contributed by atoms with van der Waals surface area (Å²) < 4.78 is 6.57. The maximum atomic E-state index is 11.6. The number of carbonyl (C=O) groups is 2. The van der Waals surface area contributed by atoms with E-state index in [2.05, 4.69) is 10.3 Å². The molecule has 2 aromatic heterocycles. The van der Waals surface area contributed by atoms with Crippen LogP contribution in [0, 0.1) is 0 Å². The molecule has 0 spiro atoms. The first-order chi connectivity index (χ1) is 9.61. The van der Waals surface area contributed by atoms with Crippen LogP contribution >= 0.6 is 11.8 Å². The molecular weight excluding hydrogens is 282 g/mol. The second kappa shape index (κ2) is 6.40. The summed E-state index contributed by atoms with van der Waals surface area (Å²) in [6.45, 7) is -0.118. The van der Waals surface area contributed by atoms with Crippen LogP contribution in [0.4, 0.5) is 0 Å². The molecule has 2 N–H and O–H groups in total. The van der Waals surface area contributed by atoms with E-state index < -0.39 is 11.8 Å². The summed E-state index contributed by atoms with van der Waals surface area (Å²) in [5.74, 6) is -0.883. The number of nitrogens with zero attached hydrogens (tertiary/aromatic N) is 2. The van der Waals surface area contributed by atoms with E-state index >= 15 is 0 Å². The van der Waals surface area contributed by atoms with E-state index in [1.54, 1.807) is 17.7 Å². The van der Waals surface area contributed by atoms with E-state index in [9.17, 15) is 9.59 Å². The van der Waals surface area contributed by atoms with E-state index in [-0.39, 0.29) is 18.1 Å². The molecule has 0 saturated carbocycles. The van der Waals surface area contributed by atoms with Crippen LogP contribution < -0.4 is 5.32 Å². The molecule has 2 aromatic rings. The minimum atomic E-state index is -0.573. The number of aliphatic hydroxyl groups is 1. The number of hydrogen-bond acceptors (Lipinski definition) is 6. The quantitative estimate of drug-likeness (QED) is 0.782. The molecule has 0 radical (unpaired) electrons. The standard InChI is InChI=1S/C12H13N3O4S/c1-15-8(6-16)5-13-12(15)20-7-10(17)14-11(18)9-3-2-4-19-9/h2-5,16H,6-7H2,1H3,(H,14,17,18). The third-order valence-corrected chi connectivity index (χ3v) is 3.58. The zero-order valence-corrected chi connectivity index (χ0v) is 11.5. The lowest BCUT2D eigenvalue weighted by atomic mass is 10.4. The van der Waals surface area contributed by atoms with Gasteiger partial charge in [0.15, 0.2) is 10.9 Å². The molecule has 7 nitrogen and oxygen atoms in total. The van der Waals surface area contributed by atoms with Crippen molar-refractivity contribution < 1.29 is 19.1 Å². The highest BCUT2D eigenvalue weighted by atomic mass is 32.2. The van der Waals surface area contributed by atoms with Gasteiger partial charge >= 0.3 is 0 Å². The fourth-order valence-corrected chi connectivity index (χ4v) is 2.24. The van der Waals surface area contributed by atoms with Crippen LogP contribution in [-0.4, -0.2) is 32.2 Å². The third kappa shape index (κ3) is 3.28. The van der Waals surface area contributed by atoms with Crippen molar-refractivity contribution >= 4 is 23.6 Å². The van der Waals surface area contributed by atoms with Crippen molar-refractivity contribution in [1.82, 2.24) is 14.9 Å². The first kappa shape index (κ1) is 14.4. The van der Waals surface area contributed by atoms with Gasteiger partial charge in [-0.05, 0) is 12.1 Å². The van der Waals surface area contributed by atoms with Crippen molar-refractivity contribution in [3.8, 4) is 0 Å². The van der Waals surface area contributed by atoms with Crippen molar-refractivity contribution in [3.05, 3.63) is 36.0 Å². The van der Waals surface area contributed by atoms with Crippen molar-refractivity contribution in [1.29, 1.82) is 0 Å². The first-order valence-electron chi connectivity index (χ1n) is 5.73. The lowest BCUT2D eigenvalue weighted by Gasteiger charge is -2.04. The van der Waals surface area contributed by atoms with Gasteiger partial charge in [-0.3, -0.25) is 14.9 Å². The number of furan rings is 1.